The average Bonchev–Trinajstić information content (AvgIpc) is 3.36. The minimum absolute atomic E-state index is 0.0960. The highest BCUT2D eigenvalue weighted by Crippen LogP contribution is 2.23. The number of hydrogen-bond acceptors (Lipinski definition) is 5. The van der Waals surface area contributed by atoms with Crippen LogP contribution in [0.25, 0.3) is 0 Å². The Morgan fingerprint density at radius 2 is 1.86 bits per heavy atom. The summed E-state index contributed by atoms with van der Waals surface area (Å²) in [6, 6.07) is 10.1. The van der Waals surface area contributed by atoms with Crippen molar-refractivity contribution in [1.29, 1.82) is 0 Å². The lowest BCUT2D eigenvalue weighted by Gasteiger charge is -2.23. The van der Waals surface area contributed by atoms with E-state index in [1.807, 2.05) is 25.5 Å². The van der Waals surface area contributed by atoms with Gasteiger partial charge in [0.1, 0.15) is 0 Å². The van der Waals surface area contributed by atoms with E-state index in [0.29, 0.717) is 25.3 Å². The van der Waals surface area contributed by atoms with Gasteiger partial charge in [-0.1, -0.05) is 6.07 Å². The lowest BCUT2D eigenvalue weighted by Crippen LogP contribution is -2.36. The van der Waals surface area contributed by atoms with Gasteiger partial charge >= 0.3 is 6.03 Å². The lowest BCUT2D eigenvalue weighted by atomic mass is 10.2. The zero-order valence-electron chi connectivity index (χ0n) is 16.1. The summed E-state index contributed by atoms with van der Waals surface area (Å²) in [5.74, 6) is 0. The molecule has 3 rings (SSSR count). The maximum absolute atomic E-state index is 12.5. The molecular weight excluding hydrogens is 396 g/mol. The molecular formula is C19H26N4O3S2. The van der Waals surface area contributed by atoms with Crippen molar-refractivity contribution < 1.29 is 13.2 Å². The van der Waals surface area contributed by atoms with Crippen molar-refractivity contribution in [2.45, 2.75) is 23.8 Å². The molecule has 1 aromatic carbocycles. The van der Waals surface area contributed by atoms with Crippen molar-refractivity contribution in [3.63, 3.8) is 0 Å². The number of carbonyl (C=O) groups excluding carboxylic acids is 1. The predicted octanol–water partition coefficient (Wildman–Crippen LogP) is 2.96. The number of rotatable bonds is 7. The van der Waals surface area contributed by atoms with Crippen LogP contribution in [0.2, 0.25) is 0 Å². The molecule has 0 aliphatic carbocycles. The number of amides is 2. The molecule has 1 aromatic heterocycles. The van der Waals surface area contributed by atoms with E-state index in [-0.39, 0.29) is 17.0 Å². The molecule has 2 N–H and O–H groups in total. The first-order valence-corrected chi connectivity index (χ1v) is 11.5. The topological polar surface area (TPSA) is 81.8 Å². The molecule has 0 bridgehead atoms. The highest BCUT2D eigenvalue weighted by atomic mass is 32.2. The van der Waals surface area contributed by atoms with Crippen molar-refractivity contribution >= 4 is 33.1 Å². The second-order valence-corrected chi connectivity index (χ2v) is 9.88. The number of likely N-dealkylation sites (N-methyl/N-ethyl adjacent to an activating group) is 1. The number of benzene rings is 1. The normalized spacial score (nSPS) is 16.2. The zero-order chi connectivity index (χ0) is 20.1. The van der Waals surface area contributed by atoms with Crippen LogP contribution in [0.15, 0.2) is 46.7 Å². The van der Waals surface area contributed by atoms with Crippen LogP contribution in [0.4, 0.5) is 10.5 Å². The second-order valence-electron chi connectivity index (χ2n) is 6.97. The van der Waals surface area contributed by atoms with Gasteiger partial charge in [0.05, 0.1) is 10.9 Å². The molecule has 28 heavy (non-hydrogen) atoms. The van der Waals surface area contributed by atoms with Crippen LogP contribution in [-0.4, -0.2) is 57.4 Å². The molecule has 1 saturated heterocycles. The number of sulfonamides is 1. The Kier molecular flexibility index (Phi) is 6.71. The van der Waals surface area contributed by atoms with Gasteiger partial charge < -0.3 is 15.5 Å². The largest absolute Gasteiger partial charge is 0.336 e. The Morgan fingerprint density at radius 1 is 1.18 bits per heavy atom. The van der Waals surface area contributed by atoms with Gasteiger partial charge in [-0.3, -0.25) is 0 Å². The lowest BCUT2D eigenvalue weighted by molar-refractivity contribution is 0.244. The van der Waals surface area contributed by atoms with Gasteiger partial charge in [0.15, 0.2) is 0 Å². The summed E-state index contributed by atoms with van der Waals surface area (Å²) in [7, 11) is 0.512. The Morgan fingerprint density at radius 3 is 2.43 bits per heavy atom. The van der Waals surface area contributed by atoms with Gasteiger partial charge in [-0.25, -0.2) is 13.2 Å². The minimum atomic E-state index is -3.44. The first-order chi connectivity index (χ1) is 13.4. The Balaban J connectivity index is 1.57. The molecule has 0 saturated carbocycles. The second kappa shape index (κ2) is 9.04. The number of hydrogen-bond donors (Lipinski definition) is 2. The van der Waals surface area contributed by atoms with Crippen molar-refractivity contribution in [3.8, 4) is 0 Å². The van der Waals surface area contributed by atoms with Crippen LogP contribution < -0.4 is 10.6 Å². The summed E-state index contributed by atoms with van der Waals surface area (Å²) < 4.78 is 26.6. The number of nitrogens with one attached hydrogen (secondary N) is 2. The van der Waals surface area contributed by atoms with E-state index in [1.54, 1.807) is 23.5 Å². The van der Waals surface area contributed by atoms with Gasteiger partial charge in [0.25, 0.3) is 0 Å². The molecule has 1 fully saturated rings. The Hall–Kier alpha value is -1.94. The van der Waals surface area contributed by atoms with Crippen LogP contribution in [-0.2, 0) is 10.0 Å². The molecule has 2 heterocycles. The summed E-state index contributed by atoms with van der Waals surface area (Å²) in [5.41, 5.74) is 0.551. The molecule has 2 aromatic rings. The number of nitrogens with zero attached hydrogens (tertiary/aromatic N) is 2. The third-order valence-corrected chi connectivity index (χ3v) is 7.65. The Bertz CT molecular complexity index is 874. The van der Waals surface area contributed by atoms with E-state index in [0.717, 1.165) is 12.8 Å². The Labute approximate surface area is 170 Å². The van der Waals surface area contributed by atoms with Gasteiger partial charge in [-0.15, -0.1) is 11.3 Å². The van der Waals surface area contributed by atoms with Crippen molar-refractivity contribution in [3.05, 3.63) is 46.7 Å². The monoisotopic (exact) mass is 422 g/mol. The molecule has 0 radical (unpaired) electrons. The molecule has 7 nitrogen and oxygen atoms in total. The quantitative estimate of drug-likeness (QED) is 0.719. The summed E-state index contributed by atoms with van der Waals surface area (Å²) in [6.45, 7) is 1.62. The standard InChI is InChI=1S/C19H26N4O3S2/c1-22(2)17(18-6-5-13-27-18)14-20-19(24)21-15-7-9-16(10-8-15)28(25,26)23-11-3-4-12-23/h5-10,13,17H,3-4,11-12,14H2,1-2H3,(H2,20,21,24). The molecule has 0 spiro atoms. The third kappa shape index (κ3) is 4.91. The van der Waals surface area contributed by atoms with Crippen molar-refractivity contribution in [2.75, 3.05) is 39.0 Å². The molecule has 2 amide bonds. The molecule has 1 atom stereocenters. The van der Waals surface area contributed by atoms with Gasteiger partial charge in [-0.05, 0) is 62.6 Å². The predicted molar refractivity (Wildman–Crippen MR) is 112 cm³/mol. The molecule has 1 unspecified atom stereocenters. The van der Waals surface area contributed by atoms with E-state index in [9.17, 15) is 13.2 Å². The zero-order valence-corrected chi connectivity index (χ0v) is 17.7. The van der Waals surface area contributed by atoms with Crippen LogP contribution in [0, 0.1) is 0 Å². The molecule has 9 heteroatoms. The molecule has 1 aliphatic rings. The van der Waals surface area contributed by atoms with Crippen LogP contribution >= 0.6 is 11.3 Å². The summed E-state index contributed by atoms with van der Waals surface area (Å²) in [6.07, 6.45) is 1.80. The summed E-state index contributed by atoms with van der Waals surface area (Å²) in [4.78, 5) is 15.7. The number of thiophene rings is 1. The smallest absolute Gasteiger partial charge is 0.319 e. The fourth-order valence-corrected chi connectivity index (χ4v) is 5.61. The van der Waals surface area contributed by atoms with E-state index in [2.05, 4.69) is 21.6 Å². The first kappa shape index (κ1) is 20.8. The molecule has 1 aliphatic heterocycles. The average molecular weight is 423 g/mol. The van der Waals surface area contributed by atoms with E-state index < -0.39 is 10.0 Å². The van der Waals surface area contributed by atoms with E-state index >= 15 is 0 Å². The third-order valence-electron chi connectivity index (χ3n) is 4.77. The fourth-order valence-electron chi connectivity index (χ4n) is 3.17. The number of urea groups is 1. The number of carbonyl (C=O) groups is 1. The minimum Gasteiger partial charge on any atom is -0.336 e. The number of anilines is 1. The summed E-state index contributed by atoms with van der Waals surface area (Å²) in [5, 5.41) is 7.65. The van der Waals surface area contributed by atoms with E-state index in [4.69, 9.17) is 0 Å². The SMILES string of the molecule is CN(C)C(CNC(=O)Nc1ccc(S(=O)(=O)N2CCCC2)cc1)c1cccs1. The maximum atomic E-state index is 12.5. The fraction of sp³-hybridized carbons (Fsp3) is 0.421. The maximum Gasteiger partial charge on any atom is 0.319 e. The molecule has 152 valence electrons. The van der Waals surface area contributed by atoms with Crippen LogP contribution in [0.5, 0.6) is 0 Å². The first-order valence-electron chi connectivity index (χ1n) is 9.23. The van der Waals surface area contributed by atoms with Gasteiger partial charge in [-0.2, -0.15) is 4.31 Å². The van der Waals surface area contributed by atoms with E-state index in [1.165, 1.54) is 21.3 Å². The highest BCUT2D eigenvalue weighted by molar-refractivity contribution is 7.89. The highest BCUT2D eigenvalue weighted by Gasteiger charge is 2.27. The van der Waals surface area contributed by atoms with Gasteiger partial charge in [0.2, 0.25) is 10.0 Å². The van der Waals surface area contributed by atoms with Crippen LogP contribution in [0.1, 0.15) is 23.8 Å². The van der Waals surface area contributed by atoms with Crippen molar-refractivity contribution in [2.24, 2.45) is 0 Å². The van der Waals surface area contributed by atoms with Crippen LogP contribution in [0.3, 0.4) is 0 Å². The summed E-state index contributed by atoms with van der Waals surface area (Å²) >= 11 is 1.65. The van der Waals surface area contributed by atoms with Crippen molar-refractivity contribution in [1.82, 2.24) is 14.5 Å². The van der Waals surface area contributed by atoms with Gasteiger partial charge in [0, 0.05) is 30.2 Å².